The first-order chi connectivity index (χ1) is 4.20. The zero-order valence-electron chi connectivity index (χ0n) is 6.48. The van der Waals surface area contributed by atoms with Crippen LogP contribution in [0.25, 0.3) is 0 Å². The van der Waals surface area contributed by atoms with Crippen LogP contribution in [0.2, 0.25) is 0 Å². The Hall–Kier alpha value is -0.300. The van der Waals surface area contributed by atoms with Gasteiger partial charge in [0, 0.05) is 0 Å². The second-order valence-corrected chi connectivity index (χ2v) is 2.67. The minimum absolute atomic E-state index is 0.655. The zero-order chi connectivity index (χ0) is 7.28. The Bertz CT molecular complexity index is 82.6. The van der Waals surface area contributed by atoms with Gasteiger partial charge < -0.3 is 5.73 Å². The van der Waals surface area contributed by atoms with E-state index < -0.39 is 0 Å². The summed E-state index contributed by atoms with van der Waals surface area (Å²) in [5.41, 5.74) is 6.73. The summed E-state index contributed by atoms with van der Waals surface area (Å²) < 4.78 is 0. The van der Waals surface area contributed by atoms with Gasteiger partial charge in [0.2, 0.25) is 0 Å². The molecule has 0 aliphatic heterocycles. The molecule has 0 aliphatic carbocycles. The zero-order valence-corrected chi connectivity index (χ0v) is 6.48. The van der Waals surface area contributed by atoms with E-state index in [9.17, 15) is 0 Å². The molecule has 0 spiro atoms. The van der Waals surface area contributed by atoms with E-state index in [2.05, 4.69) is 20.4 Å². The van der Waals surface area contributed by atoms with Gasteiger partial charge in [-0.15, -0.1) is 6.58 Å². The van der Waals surface area contributed by atoms with Gasteiger partial charge in [-0.25, -0.2) is 0 Å². The Morgan fingerprint density at radius 3 is 2.33 bits per heavy atom. The van der Waals surface area contributed by atoms with E-state index in [4.69, 9.17) is 5.73 Å². The molecule has 0 saturated carbocycles. The smallest absolute Gasteiger partial charge is 0.00459 e. The average molecular weight is 127 g/mol. The topological polar surface area (TPSA) is 26.0 Å². The molecule has 0 aromatic rings. The molecule has 0 aromatic heterocycles. The van der Waals surface area contributed by atoms with E-state index in [1.54, 1.807) is 0 Å². The Morgan fingerprint density at radius 1 is 1.67 bits per heavy atom. The molecule has 1 atom stereocenters. The summed E-state index contributed by atoms with van der Waals surface area (Å²) in [6.45, 7) is 8.85. The summed E-state index contributed by atoms with van der Waals surface area (Å²) >= 11 is 0. The van der Waals surface area contributed by atoms with Gasteiger partial charge in [0.1, 0.15) is 0 Å². The van der Waals surface area contributed by atoms with Crippen LogP contribution in [0, 0.1) is 5.92 Å². The van der Waals surface area contributed by atoms with Crippen molar-refractivity contribution in [3.63, 3.8) is 0 Å². The molecule has 54 valence electrons. The molecule has 1 unspecified atom stereocenters. The molecule has 0 radical (unpaired) electrons. The summed E-state index contributed by atoms with van der Waals surface area (Å²) in [5.74, 6) is 0.655. The molecular formula is C8H17N. The molecule has 0 amide bonds. The predicted octanol–water partition coefficient (Wildman–Crippen LogP) is 1.94. The Kier molecular flexibility index (Phi) is 4.41. The maximum absolute atomic E-state index is 5.49. The van der Waals surface area contributed by atoms with E-state index in [0.29, 0.717) is 5.92 Å². The van der Waals surface area contributed by atoms with Gasteiger partial charge >= 0.3 is 0 Å². The molecule has 0 aromatic carbocycles. The van der Waals surface area contributed by atoms with Crippen molar-refractivity contribution in [2.45, 2.75) is 26.7 Å². The summed E-state index contributed by atoms with van der Waals surface area (Å²) in [6, 6.07) is 0. The summed E-state index contributed by atoms with van der Waals surface area (Å²) in [6.07, 6.45) is 2.26. The third kappa shape index (κ3) is 4.22. The van der Waals surface area contributed by atoms with Crippen LogP contribution < -0.4 is 5.73 Å². The van der Waals surface area contributed by atoms with Crippen molar-refractivity contribution in [3.8, 4) is 0 Å². The van der Waals surface area contributed by atoms with Crippen LogP contribution in [0.1, 0.15) is 26.7 Å². The summed E-state index contributed by atoms with van der Waals surface area (Å²) in [5, 5.41) is 0. The Morgan fingerprint density at radius 2 is 2.22 bits per heavy atom. The third-order valence-electron chi connectivity index (χ3n) is 1.55. The van der Waals surface area contributed by atoms with Crippen LogP contribution in [-0.4, -0.2) is 6.54 Å². The van der Waals surface area contributed by atoms with E-state index >= 15 is 0 Å². The third-order valence-corrected chi connectivity index (χ3v) is 1.55. The van der Waals surface area contributed by atoms with Crippen molar-refractivity contribution in [3.05, 3.63) is 12.2 Å². The van der Waals surface area contributed by atoms with Gasteiger partial charge in [-0.2, -0.15) is 0 Å². The SMILES string of the molecule is C=C(C)CC(CC)CN. The number of allylic oxidation sites excluding steroid dienone is 1. The van der Waals surface area contributed by atoms with Gasteiger partial charge in [-0.05, 0) is 25.8 Å². The van der Waals surface area contributed by atoms with Gasteiger partial charge in [0.15, 0.2) is 0 Å². The molecule has 0 heterocycles. The van der Waals surface area contributed by atoms with E-state index in [1.165, 1.54) is 12.0 Å². The minimum atomic E-state index is 0.655. The number of hydrogen-bond acceptors (Lipinski definition) is 1. The lowest BCUT2D eigenvalue weighted by molar-refractivity contribution is 0.517. The monoisotopic (exact) mass is 127 g/mol. The van der Waals surface area contributed by atoms with Crippen LogP contribution in [0.4, 0.5) is 0 Å². The molecule has 0 rings (SSSR count). The van der Waals surface area contributed by atoms with Crippen LogP contribution in [0.3, 0.4) is 0 Å². The first-order valence-electron chi connectivity index (χ1n) is 3.55. The average Bonchev–Trinajstić information content (AvgIpc) is 1.82. The van der Waals surface area contributed by atoms with Crippen molar-refractivity contribution >= 4 is 0 Å². The van der Waals surface area contributed by atoms with E-state index in [1.807, 2.05) is 0 Å². The molecule has 0 bridgehead atoms. The molecule has 0 fully saturated rings. The molecular weight excluding hydrogens is 110 g/mol. The van der Waals surface area contributed by atoms with Crippen molar-refractivity contribution in [2.75, 3.05) is 6.54 Å². The van der Waals surface area contributed by atoms with Crippen molar-refractivity contribution in [2.24, 2.45) is 11.7 Å². The summed E-state index contributed by atoms with van der Waals surface area (Å²) in [7, 11) is 0. The number of hydrogen-bond donors (Lipinski definition) is 1. The quantitative estimate of drug-likeness (QED) is 0.574. The first-order valence-corrected chi connectivity index (χ1v) is 3.55. The molecule has 1 heteroatoms. The van der Waals surface area contributed by atoms with Crippen molar-refractivity contribution < 1.29 is 0 Å². The highest BCUT2D eigenvalue weighted by Gasteiger charge is 2.01. The fraction of sp³-hybridized carbons (Fsp3) is 0.750. The van der Waals surface area contributed by atoms with E-state index in [-0.39, 0.29) is 0 Å². The largest absolute Gasteiger partial charge is 0.330 e. The van der Waals surface area contributed by atoms with Crippen LogP contribution >= 0.6 is 0 Å². The maximum Gasteiger partial charge on any atom is -0.00459 e. The lowest BCUT2D eigenvalue weighted by atomic mass is 9.99. The second kappa shape index (κ2) is 4.57. The van der Waals surface area contributed by atoms with Gasteiger partial charge in [0.05, 0.1) is 0 Å². The standard InChI is InChI=1S/C8H17N/c1-4-8(6-9)5-7(2)3/h8H,2,4-6,9H2,1,3H3. The molecule has 0 aliphatic rings. The predicted molar refractivity (Wildman–Crippen MR) is 42.3 cm³/mol. The van der Waals surface area contributed by atoms with Gasteiger partial charge in [-0.1, -0.05) is 18.9 Å². The highest BCUT2D eigenvalue weighted by atomic mass is 14.5. The Labute approximate surface area is 57.9 Å². The van der Waals surface area contributed by atoms with Crippen LogP contribution in [0.5, 0.6) is 0 Å². The Balaban J connectivity index is 3.43. The number of nitrogens with two attached hydrogens (primary N) is 1. The molecule has 1 nitrogen and oxygen atoms in total. The second-order valence-electron chi connectivity index (χ2n) is 2.67. The van der Waals surface area contributed by atoms with Crippen LogP contribution in [-0.2, 0) is 0 Å². The van der Waals surface area contributed by atoms with Gasteiger partial charge in [0.25, 0.3) is 0 Å². The highest BCUT2D eigenvalue weighted by Crippen LogP contribution is 2.10. The van der Waals surface area contributed by atoms with Crippen molar-refractivity contribution in [1.29, 1.82) is 0 Å². The lowest BCUT2D eigenvalue weighted by Gasteiger charge is -2.10. The van der Waals surface area contributed by atoms with Crippen molar-refractivity contribution in [1.82, 2.24) is 0 Å². The molecule has 9 heavy (non-hydrogen) atoms. The fourth-order valence-electron chi connectivity index (χ4n) is 0.887. The molecule has 0 saturated heterocycles. The number of rotatable bonds is 4. The highest BCUT2D eigenvalue weighted by molar-refractivity contribution is 4.90. The maximum atomic E-state index is 5.49. The van der Waals surface area contributed by atoms with Crippen LogP contribution in [0.15, 0.2) is 12.2 Å². The molecule has 2 N–H and O–H groups in total. The van der Waals surface area contributed by atoms with E-state index in [0.717, 1.165) is 13.0 Å². The summed E-state index contributed by atoms with van der Waals surface area (Å²) in [4.78, 5) is 0. The lowest BCUT2D eigenvalue weighted by Crippen LogP contribution is -2.13. The normalized spacial score (nSPS) is 13.2. The minimum Gasteiger partial charge on any atom is -0.330 e. The van der Waals surface area contributed by atoms with Gasteiger partial charge in [-0.3, -0.25) is 0 Å². The fourth-order valence-corrected chi connectivity index (χ4v) is 0.887. The first kappa shape index (κ1) is 8.70.